The average Bonchev–Trinajstić information content (AvgIpc) is 3.12. The second kappa shape index (κ2) is 9.01. The van der Waals surface area contributed by atoms with Crippen molar-refractivity contribution in [3.8, 4) is 5.75 Å². The van der Waals surface area contributed by atoms with Gasteiger partial charge in [0.1, 0.15) is 11.3 Å². The summed E-state index contributed by atoms with van der Waals surface area (Å²) in [6.07, 6.45) is 0. The number of anilines is 1. The number of ether oxygens (including phenoxy) is 1. The van der Waals surface area contributed by atoms with Gasteiger partial charge in [0, 0.05) is 19.0 Å². The Labute approximate surface area is 194 Å². The van der Waals surface area contributed by atoms with Gasteiger partial charge in [-0.05, 0) is 83.3 Å². The fourth-order valence-corrected chi connectivity index (χ4v) is 3.54. The molecule has 1 aromatic heterocycles. The first-order chi connectivity index (χ1) is 14.5. The number of halogens is 2. The van der Waals surface area contributed by atoms with Crippen LogP contribution in [0.25, 0.3) is 11.0 Å². The van der Waals surface area contributed by atoms with Gasteiger partial charge in [0.2, 0.25) is 5.78 Å². The summed E-state index contributed by atoms with van der Waals surface area (Å²) in [6.45, 7) is -0.188. The van der Waals surface area contributed by atoms with E-state index in [-0.39, 0.29) is 24.1 Å². The minimum atomic E-state index is -0.384. The first-order valence-corrected chi connectivity index (χ1v) is 10.9. The third-order valence-corrected chi connectivity index (χ3v) is 5.60. The number of hydrogen-bond donors (Lipinski definition) is 1. The predicted octanol–water partition coefficient (Wildman–Crippen LogP) is 6.05. The Bertz CT molecular complexity index is 1220. The van der Waals surface area contributed by atoms with Crippen LogP contribution in [-0.2, 0) is 4.79 Å². The molecule has 0 saturated carbocycles. The molecule has 5 nitrogen and oxygen atoms in total. The van der Waals surface area contributed by atoms with E-state index in [0.29, 0.717) is 28.0 Å². The summed E-state index contributed by atoms with van der Waals surface area (Å²) in [5.74, 6) is -0.0209. The van der Waals surface area contributed by atoms with Crippen molar-refractivity contribution in [1.29, 1.82) is 0 Å². The normalized spacial score (nSPS) is 10.7. The van der Waals surface area contributed by atoms with E-state index < -0.39 is 0 Å². The van der Waals surface area contributed by atoms with Gasteiger partial charge in [-0.25, -0.2) is 0 Å². The molecule has 1 heterocycles. The Hall–Kier alpha value is -2.65. The molecule has 0 aliphatic rings. The van der Waals surface area contributed by atoms with Crippen LogP contribution in [0.2, 0.25) is 0 Å². The molecule has 0 fully saturated rings. The zero-order valence-electron chi connectivity index (χ0n) is 15.5. The van der Waals surface area contributed by atoms with E-state index in [4.69, 9.17) is 9.15 Å². The van der Waals surface area contributed by atoms with Crippen LogP contribution in [0.5, 0.6) is 5.75 Å². The summed E-state index contributed by atoms with van der Waals surface area (Å²) < 4.78 is 13.3. The van der Waals surface area contributed by atoms with E-state index in [2.05, 4.69) is 43.8 Å². The topological polar surface area (TPSA) is 68.5 Å². The lowest BCUT2D eigenvalue weighted by atomic mass is 10.1. The van der Waals surface area contributed by atoms with Gasteiger partial charge >= 0.3 is 0 Å². The third kappa shape index (κ3) is 4.57. The summed E-state index contributed by atoms with van der Waals surface area (Å²) in [4.78, 5) is 25.6. The molecular weight excluding hydrogens is 561 g/mol. The van der Waals surface area contributed by atoms with Crippen molar-refractivity contribution in [3.05, 3.63) is 92.2 Å². The minimum absolute atomic E-state index is 0.0844. The lowest BCUT2D eigenvalue weighted by Crippen LogP contribution is -2.21. The first kappa shape index (κ1) is 20.6. The Morgan fingerprint density at radius 3 is 2.40 bits per heavy atom. The highest BCUT2D eigenvalue weighted by atomic mass is 127. The monoisotopic (exact) mass is 575 g/mol. The second-order valence-corrected chi connectivity index (χ2v) is 8.59. The van der Waals surface area contributed by atoms with Crippen molar-refractivity contribution in [1.82, 2.24) is 0 Å². The van der Waals surface area contributed by atoms with Gasteiger partial charge < -0.3 is 14.5 Å². The Balaban J connectivity index is 1.59. The van der Waals surface area contributed by atoms with E-state index in [1.165, 1.54) is 0 Å². The maximum absolute atomic E-state index is 13.0. The van der Waals surface area contributed by atoms with Crippen molar-refractivity contribution in [2.45, 2.75) is 0 Å². The Morgan fingerprint density at radius 1 is 0.967 bits per heavy atom. The molecule has 0 atom stereocenters. The summed E-state index contributed by atoms with van der Waals surface area (Å²) >= 11 is 5.56. The summed E-state index contributed by atoms with van der Waals surface area (Å²) in [5.41, 5.74) is 1.32. The van der Waals surface area contributed by atoms with Crippen molar-refractivity contribution in [2.75, 3.05) is 11.9 Å². The minimum Gasteiger partial charge on any atom is -0.484 e. The van der Waals surface area contributed by atoms with E-state index in [1.807, 2.05) is 24.3 Å². The molecule has 7 heteroatoms. The smallest absolute Gasteiger partial charge is 0.262 e. The zero-order chi connectivity index (χ0) is 21.1. The first-order valence-electron chi connectivity index (χ1n) is 9.01. The van der Waals surface area contributed by atoms with E-state index >= 15 is 0 Å². The molecular formula is C23H15BrINO4. The van der Waals surface area contributed by atoms with Gasteiger partial charge in [-0.2, -0.15) is 0 Å². The van der Waals surface area contributed by atoms with Gasteiger partial charge in [-0.3, -0.25) is 9.59 Å². The van der Waals surface area contributed by atoms with E-state index in [1.54, 1.807) is 48.5 Å². The number of ketones is 1. The summed E-state index contributed by atoms with van der Waals surface area (Å²) in [7, 11) is 0. The Morgan fingerprint density at radius 2 is 1.67 bits per heavy atom. The van der Waals surface area contributed by atoms with Crippen molar-refractivity contribution in [2.24, 2.45) is 0 Å². The highest BCUT2D eigenvalue weighted by Gasteiger charge is 2.23. The Kier molecular flexibility index (Phi) is 6.19. The number of benzene rings is 3. The maximum Gasteiger partial charge on any atom is 0.262 e. The van der Waals surface area contributed by atoms with Crippen molar-refractivity contribution in [3.63, 3.8) is 0 Å². The molecule has 0 radical (unpaired) electrons. The number of amides is 1. The highest BCUT2D eigenvalue weighted by Crippen LogP contribution is 2.32. The third-order valence-electron chi connectivity index (χ3n) is 4.36. The van der Waals surface area contributed by atoms with Crippen LogP contribution >= 0.6 is 38.5 Å². The van der Waals surface area contributed by atoms with Gasteiger partial charge in [0.25, 0.3) is 5.91 Å². The quantitative estimate of drug-likeness (QED) is 0.224. The number of carbonyl (C=O) groups is 2. The fraction of sp³-hybridized carbons (Fsp3) is 0.0435. The van der Waals surface area contributed by atoms with Crippen molar-refractivity contribution < 1.29 is 18.7 Å². The van der Waals surface area contributed by atoms with Crippen molar-refractivity contribution >= 4 is 66.9 Å². The lowest BCUT2D eigenvalue weighted by Gasteiger charge is -2.08. The molecule has 0 aliphatic heterocycles. The predicted molar refractivity (Wildman–Crippen MR) is 127 cm³/mol. The molecule has 0 unspecified atom stereocenters. The molecule has 0 aliphatic carbocycles. The lowest BCUT2D eigenvalue weighted by molar-refractivity contribution is -0.118. The highest BCUT2D eigenvalue weighted by molar-refractivity contribution is 14.1. The van der Waals surface area contributed by atoms with Gasteiger partial charge in [0.15, 0.2) is 12.4 Å². The number of carbonyl (C=O) groups excluding carboxylic acids is 2. The van der Waals surface area contributed by atoms with Gasteiger partial charge in [-0.15, -0.1) is 0 Å². The van der Waals surface area contributed by atoms with Crippen LogP contribution < -0.4 is 10.1 Å². The number of nitrogens with one attached hydrogen (secondary N) is 1. The molecule has 1 N–H and O–H groups in total. The average molecular weight is 576 g/mol. The number of fused-ring (bicyclic) bond motifs is 1. The largest absolute Gasteiger partial charge is 0.484 e. The van der Waals surface area contributed by atoms with E-state index in [0.717, 1.165) is 8.04 Å². The van der Waals surface area contributed by atoms with Crippen LogP contribution in [0.1, 0.15) is 16.1 Å². The van der Waals surface area contributed by atoms with Crippen LogP contribution in [0.4, 0.5) is 5.69 Å². The van der Waals surface area contributed by atoms with E-state index in [9.17, 15) is 9.59 Å². The molecule has 3 aromatic carbocycles. The summed E-state index contributed by atoms with van der Waals surface area (Å²) in [5, 5.41) is 3.44. The fourth-order valence-electron chi connectivity index (χ4n) is 2.92. The SMILES string of the molecule is O=C(COc1ccc(I)cc1)Nc1c(C(=O)c2ccc(Br)cc2)oc2ccccc12. The summed E-state index contributed by atoms with van der Waals surface area (Å²) in [6, 6.07) is 21.5. The molecule has 30 heavy (non-hydrogen) atoms. The second-order valence-electron chi connectivity index (χ2n) is 6.43. The van der Waals surface area contributed by atoms with Crippen LogP contribution in [0, 0.1) is 3.57 Å². The molecule has 4 rings (SSSR count). The molecule has 150 valence electrons. The van der Waals surface area contributed by atoms with Crippen LogP contribution in [0.3, 0.4) is 0 Å². The number of rotatable bonds is 6. The zero-order valence-corrected chi connectivity index (χ0v) is 19.3. The number of para-hydroxylation sites is 1. The maximum atomic E-state index is 13.0. The van der Waals surface area contributed by atoms with Crippen LogP contribution in [0.15, 0.2) is 81.7 Å². The molecule has 0 bridgehead atoms. The van der Waals surface area contributed by atoms with Crippen LogP contribution in [-0.4, -0.2) is 18.3 Å². The molecule has 0 saturated heterocycles. The molecule has 0 spiro atoms. The molecule has 4 aromatic rings. The number of furan rings is 1. The standard InChI is InChI=1S/C23H15BrINO4/c24-15-7-5-14(6-8-15)22(28)23-21(18-3-1-2-4-19(18)30-23)26-20(27)13-29-17-11-9-16(25)10-12-17/h1-12H,13H2,(H,26,27). The molecule has 1 amide bonds. The van der Waals surface area contributed by atoms with Gasteiger partial charge in [-0.1, -0.05) is 28.1 Å². The number of hydrogen-bond acceptors (Lipinski definition) is 4. The van der Waals surface area contributed by atoms with Gasteiger partial charge in [0.05, 0.1) is 5.69 Å².